The standard InChI is InChI=1S/C19H21N3O3S/c1-11-15-18(25-4)21-14(10-24-3)22-19(15)26-16(11)17(23)20-12(2)13-8-6-5-7-9-13/h5-9,12H,10H2,1-4H3,(H,20,23). The van der Waals surface area contributed by atoms with Crippen molar-refractivity contribution in [1.82, 2.24) is 15.3 Å². The SMILES string of the molecule is COCc1nc(OC)c2c(C)c(C(=O)NC(C)c3ccccc3)sc2n1. The first-order valence-electron chi connectivity index (χ1n) is 8.24. The largest absolute Gasteiger partial charge is 0.480 e. The third kappa shape index (κ3) is 3.54. The molecular formula is C19H21N3O3S. The zero-order valence-electron chi connectivity index (χ0n) is 15.2. The van der Waals surface area contributed by atoms with Crippen LogP contribution in [0, 0.1) is 6.92 Å². The minimum absolute atomic E-state index is 0.0923. The summed E-state index contributed by atoms with van der Waals surface area (Å²) in [4.78, 5) is 23.0. The number of nitrogens with one attached hydrogen (secondary N) is 1. The van der Waals surface area contributed by atoms with Gasteiger partial charge in [0.25, 0.3) is 5.91 Å². The number of ether oxygens (including phenoxy) is 2. The fourth-order valence-corrected chi connectivity index (χ4v) is 3.88. The number of aromatic nitrogens is 2. The Bertz CT molecular complexity index is 925. The molecule has 0 saturated carbocycles. The van der Waals surface area contributed by atoms with Crippen molar-refractivity contribution < 1.29 is 14.3 Å². The number of hydrogen-bond acceptors (Lipinski definition) is 6. The Morgan fingerprint density at radius 1 is 1.23 bits per heavy atom. The Hall–Kier alpha value is -2.51. The predicted octanol–water partition coefficient (Wildman–Crippen LogP) is 3.65. The average molecular weight is 371 g/mol. The van der Waals surface area contributed by atoms with Gasteiger partial charge in [-0.3, -0.25) is 4.79 Å². The van der Waals surface area contributed by atoms with Gasteiger partial charge in [-0.15, -0.1) is 11.3 Å². The normalized spacial score (nSPS) is 12.2. The van der Waals surface area contributed by atoms with Gasteiger partial charge in [0.1, 0.15) is 11.4 Å². The molecule has 0 spiro atoms. The van der Waals surface area contributed by atoms with Crippen LogP contribution in [0.2, 0.25) is 0 Å². The van der Waals surface area contributed by atoms with Gasteiger partial charge in [-0.2, -0.15) is 4.98 Å². The van der Waals surface area contributed by atoms with Gasteiger partial charge in [0, 0.05) is 7.11 Å². The minimum Gasteiger partial charge on any atom is -0.480 e. The molecule has 2 heterocycles. The van der Waals surface area contributed by atoms with Gasteiger partial charge in [-0.05, 0) is 25.0 Å². The van der Waals surface area contributed by atoms with Crippen molar-refractivity contribution in [3.8, 4) is 5.88 Å². The molecule has 1 unspecified atom stereocenters. The number of carbonyl (C=O) groups excluding carboxylic acids is 1. The van der Waals surface area contributed by atoms with Gasteiger partial charge < -0.3 is 14.8 Å². The van der Waals surface area contributed by atoms with E-state index in [0.29, 0.717) is 16.6 Å². The highest BCUT2D eigenvalue weighted by atomic mass is 32.1. The van der Waals surface area contributed by atoms with E-state index in [2.05, 4.69) is 15.3 Å². The summed E-state index contributed by atoms with van der Waals surface area (Å²) in [5, 5.41) is 3.82. The molecular weight excluding hydrogens is 350 g/mol. The summed E-state index contributed by atoms with van der Waals surface area (Å²) in [6, 6.07) is 9.77. The first kappa shape index (κ1) is 18.3. The van der Waals surface area contributed by atoms with Crippen LogP contribution in [0.4, 0.5) is 0 Å². The van der Waals surface area contributed by atoms with Gasteiger partial charge in [-0.25, -0.2) is 4.98 Å². The smallest absolute Gasteiger partial charge is 0.262 e. The Kier molecular flexibility index (Phi) is 5.49. The first-order valence-corrected chi connectivity index (χ1v) is 9.05. The number of amides is 1. The van der Waals surface area contributed by atoms with Crippen molar-refractivity contribution in [2.75, 3.05) is 14.2 Å². The zero-order chi connectivity index (χ0) is 18.7. The van der Waals surface area contributed by atoms with Crippen molar-refractivity contribution in [1.29, 1.82) is 0 Å². The number of carbonyl (C=O) groups is 1. The van der Waals surface area contributed by atoms with Gasteiger partial charge in [-0.1, -0.05) is 30.3 Å². The number of fused-ring (bicyclic) bond motifs is 1. The van der Waals surface area contributed by atoms with Crippen LogP contribution >= 0.6 is 11.3 Å². The molecule has 2 aromatic heterocycles. The molecule has 1 atom stereocenters. The van der Waals surface area contributed by atoms with Crippen LogP contribution in [-0.2, 0) is 11.3 Å². The Balaban J connectivity index is 1.94. The monoisotopic (exact) mass is 371 g/mol. The van der Waals surface area contributed by atoms with Crippen LogP contribution in [0.1, 0.15) is 39.6 Å². The predicted molar refractivity (Wildman–Crippen MR) is 102 cm³/mol. The molecule has 1 aromatic carbocycles. The Morgan fingerprint density at radius 3 is 2.62 bits per heavy atom. The molecule has 1 amide bonds. The van der Waals surface area contributed by atoms with Crippen molar-refractivity contribution >= 4 is 27.5 Å². The second kappa shape index (κ2) is 7.80. The lowest BCUT2D eigenvalue weighted by atomic mass is 10.1. The van der Waals surface area contributed by atoms with E-state index in [1.54, 1.807) is 14.2 Å². The van der Waals surface area contributed by atoms with E-state index in [4.69, 9.17) is 9.47 Å². The molecule has 0 aliphatic rings. The van der Waals surface area contributed by atoms with Crippen molar-refractivity contribution in [2.24, 2.45) is 0 Å². The van der Waals surface area contributed by atoms with E-state index in [1.807, 2.05) is 44.2 Å². The van der Waals surface area contributed by atoms with E-state index >= 15 is 0 Å². The summed E-state index contributed by atoms with van der Waals surface area (Å²) in [7, 11) is 3.15. The lowest BCUT2D eigenvalue weighted by molar-refractivity contribution is 0.0943. The van der Waals surface area contributed by atoms with Crippen LogP contribution in [0.5, 0.6) is 5.88 Å². The van der Waals surface area contributed by atoms with Crippen LogP contribution < -0.4 is 10.1 Å². The van der Waals surface area contributed by atoms with Crippen LogP contribution in [-0.4, -0.2) is 30.1 Å². The molecule has 0 bridgehead atoms. The highest BCUT2D eigenvalue weighted by molar-refractivity contribution is 7.20. The molecule has 0 saturated heterocycles. The van der Waals surface area contributed by atoms with Gasteiger partial charge in [0.15, 0.2) is 5.82 Å². The number of benzene rings is 1. The van der Waals surface area contributed by atoms with Crippen molar-refractivity contribution in [3.63, 3.8) is 0 Å². The molecule has 3 rings (SSSR count). The summed E-state index contributed by atoms with van der Waals surface area (Å²) in [5.41, 5.74) is 1.88. The van der Waals surface area contributed by atoms with Crippen LogP contribution in [0.3, 0.4) is 0 Å². The van der Waals surface area contributed by atoms with Gasteiger partial charge in [0.05, 0.1) is 23.4 Å². The number of hydrogen-bond donors (Lipinski definition) is 1. The highest BCUT2D eigenvalue weighted by Crippen LogP contribution is 2.35. The summed E-state index contributed by atoms with van der Waals surface area (Å²) in [5.74, 6) is 0.867. The molecule has 0 aliphatic heterocycles. The molecule has 0 radical (unpaired) electrons. The molecule has 3 aromatic rings. The number of methoxy groups -OCH3 is 2. The topological polar surface area (TPSA) is 73.3 Å². The fourth-order valence-electron chi connectivity index (χ4n) is 2.79. The zero-order valence-corrected chi connectivity index (χ0v) is 16.0. The number of rotatable bonds is 6. The number of thiophene rings is 1. The summed E-state index contributed by atoms with van der Waals surface area (Å²) < 4.78 is 10.5. The van der Waals surface area contributed by atoms with E-state index < -0.39 is 0 Å². The maximum Gasteiger partial charge on any atom is 0.262 e. The van der Waals surface area contributed by atoms with Crippen molar-refractivity contribution in [2.45, 2.75) is 26.5 Å². The molecule has 7 heteroatoms. The maximum absolute atomic E-state index is 12.8. The molecule has 6 nitrogen and oxygen atoms in total. The Morgan fingerprint density at radius 2 is 1.96 bits per heavy atom. The molecule has 0 aliphatic carbocycles. The number of nitrogens with zero attached hydrogens (tertiary/aromatic N) is 2. The van der Waals surface area contributed by atoms with Gasteiger partial charge >= 0.3 is 0 Å². The highest BCUT2D eigenvalue weighted by Gasteiger charge is 2.22. The summed E-state index contributed by atoms with van der Waals surface area (Å²) >= 11 is 1.34. The molecule has 1 N–H and O–H groups in total. The summed E-state index contributed by atoms with van der Waals surface area (Å²) in [6.45, 7) is 4.14. The average Bonchev–Trinajstić information content (AvgIpc) is 2.99. The fraction of sp³-hybridized carbons (Fsp3) is 0.316. The first-order chi connectivity index (χ1) is 12.5. The summed E-state index contributed by atoms with van der Waals surface area (Å²) in [6.07, 6.45) is 0. The minimum atomic E-state index is -0.128. The van der Waals surface area contributed by atoms with E-state index in [9.17, 15) is 4.79 Å². The Labute approximate surface area is 156 Å². The van der Waals surface area contributed by atoms with Crippen LogP contribution in [0.25, 0.3) is 10.2 Å². The third-order valence-corrected chi connectivity index (χ3v) is 5.31. The molecule has 26 heavy (non-hydrogen) atoms. The third-order valence-electron chi connectivity index (χ3n) is 4.12. The van der Waals surface area contributed by atoms with Gasteiger partial charge in [0.2, 0.25) is 5.88 Å². The molecule has 136 valence electrons. The van der Waals surface area contributed by atoms with E-state index in [0.717, 1.165) is 21.3 Å². The van der Waals surface area contributed by atoms with Crippen LogP contribution in [0.15, 0.2) is 30.3 Å². The molecule has 0 fully saturated rings. The lowest BCUT2D eigenvalue weighted by Crippen LogP contribution is -2.26. The quantitative estimate of drug-likeness (QED) is 0.716. The number of aryl methyl sites for hydroxylation is 1. The van der Waals surface area contributed by atoms with E-state index in [-0.39, 0.29) is 18.6 Å². The lowest BCUT2D eigenvalue weighted by Gasteiger charge is -2.13. The van der Waals surface area contributed by atoms with Crippen molar-refractivity contribution in [3.05, 3.63) is 52.2 Å². The second-order valence-corrected chi connectivity index (χ2v) is 6.92. The van der Waals surface area contributed by atoms with E-state index in [1.165, 1.54) is 11.3 Å². The second-order valence-electron chi connectivity index (χ2n) is 5.92. The maximum atomic E-state index is 12.8.